The van der Waals surface area contributed by atoms with Crippen LogP contribution >= 0.6 is 0 Å². The molecule has 3 rings (SSSR count). The van der Waals surface area contributed by atoms with Gasteiger partial charge in [-0.1, -0.05) is 54.6 Å². The van der Waals surface area contributed by atoms with Crippen molar-refractivity contribution >= 4 is 10.8 Å². The van der Waals surface area contributed by atoms with E-state index in [1.807, 2.05) is 42.5 Å². The zero-order valence-electron chi connectivity index (χ0n) is 11.4. The molecule has 1 aliphatic carbocycles. The number of aryl methyl sites for hydroxylation is 1. The van der Waals surface area contributed by atoms with E-state index in [1.54, 1.807) is 0 Å². The van der Waals surface area contributed by atoms with Gasteiger partial charge in [-0.15, -0.1) is 0 Å². The van der Waals surface area contributed by atoms with Crippen LogP contribution in [0.1, 0.15) is 29.2 Å². The van der Waals surface area contributed by atoms with Crippen molar-refractivity contribution < 1.29 is 4.21 Å². The average Bonchev–Trinajstić information content (AvgIpc) is 2.49. The van der Waals surface area contributed by atoms with Crippen LogP contribution in [0.25, 0.3) is 0 Å². The number of benzene rings is 2. The Balaban J connectivity index is 1.77. The normalized spacial score (nSPS) is 23.1. The van der Waals surface area contributed by atoms with E-state index in [1.165, 1.54) is 11.1 Å². The summed E-state index contributed by atoms with van der Waals surface area (Å²) < 4.78 is 12.6. The molecule has 0 fully saturated rings. The summed E-state index contributed by atoms with van der Waals surface area (Å²) in [4.78, 5) is 0. The molecule has 3 heteroatoms. The molecule has 3 unspecified atom stereocenters. The molecule has 0 spiro atoms. The number of nitrogens with two attached hydrogens (primary N) is 1. The summed E-state index contributed by atoms with van der Waals surface area (Å²) in [6.07, 6.45) is 1.90. The molecule has 0 bridgehead atoms. The molecule has 3 atom stereocenters. The standard InChI is InChI=1S/C17H19NOS/c18-17-15-9-5-4-8-14(15)10-11-16(17)20(19)12-13-6-2-1-3-7-13/h1-9,16-17H,10-12,18H2. The lowest BCUT2D eigenvalue weighted by Gasteiger charge is -2.30. The first kappa shape index (κ1) is 13.5. The van der Waals surface area contributed by atoms with Gasteiger partial charge in [-0.05, 0) is 29.5 Å². The fourth-order valence-corrected chi connectivity index (χ4v) is 4.49. The summed E-state index contributed by atoms with van der Waals surface area (Å²) in [7, 11) is -0.920. The molecular weight excluding hydrogens is 266 g/mol. The molecule has 1 aliphatic rings. The number of fused-ring (bicyclic) bond motifs is 1. The fourth-order valence-electron chi connectivity index (χ4n) is 2.91. The van der Waals surface area contributed by atoms with E-state index in [4.69, 9.17) is 5.73 Å². The molecule has 20 heavy (non-hydrogen) atoms. The zero-order chi connectivity index (χ0) is 13.9. The quantitative estimate of drug-likeness (QED) is 0.942. The van der Waals surface area contributed by atoms with E-state index in [9.17, 15) is 4.21 Å². The van der Waals surface area contributed by atoms with Crippen LogP contribution in [0, 0.1) is 0 Å². The molecule has 0 radical (unpaired) electrons. The molecule has 0 saturated carbocycles. The third-order valence-electron chi connectivity index (χ3n) is 4.00. The van der Waals surface area contributed by atoms with Crippen LogP contribution in [0.15, 0.2) is 54.6 Å². The SMILES string of the molecule is NC1c2ccccc2CCC1S(=O)Cc1ccccc1. The second-order valence-corrected chi connectivity index (χ2v) is 6.97. The Bertz CT molecular complexity index is 611. The lowest BCUT2D eigenvalue weighted by molar-refractivity contribution is 0.563. The van der Waals surface area contributed by atoms with Gasteiger partial charge in [0.05, 0.1) is 5.25 Å². The van der Waals surface area contributed by atoms with Crippen molar-refractivity contribution in [1.29, 1.82) is 0 Å². The monoisotopic (exact) mass is 285 g/mol. The Hall–Kier alpha value is -1.45. The Morgan fingerprint density at radius 3 is 2.55 bits per heavy atom. The third kappa shape index (κ3) is 2.69. The van der Waals surface area contributed by atoms with Gasteiger partial charge in [-0.2, -0.15) is 0 Å². The van der Waals surface area contributed by atoms with Gasteiger partial charge >= 0.3 is 0 Å². The first-order valence-electron chi connectivity index (χ1n) is 7.00. The van der Waals surface area contributed by atoms with E-state index in [-0.39, 0.29) is 11.3 Å². The van der Waals surface area contributed by atoms with Crippen LogP contribution in [0.4, 0.5) is 0 Å². The van der Waals surface area contributed by atoms with Crippen molar-refractivity contribution in [3.05, 3.63) is 71.3 Å². The first-order chi connectivity index (χ1) is 9.75. The van der Waals surface area contributed by atoms with E-state index >= 15 is 0 Å². The van der Waals surface area contributed by atoms with Crippen molar-refractivity contribution in [3.63, 3.8) is 0 Å². The minimum Gasteiger partial charge on any atom is -0.323 e. The molecule has 0 aliphatic heterocycles. The summed E-state index contributed by atoms with van der Waals surface area (Å²) >= 11 is 0. The summed E-state index contributed by atoms with van der Waals surface area (Å²) in [5.74, 6) is 0.599. The highest BCUT2D eigenvalue weighted by molar-refractivity contribution is 7.84. The summed E-state index contributed by atoms with van der Waals surface area (Å²) in [6, 6.07) is 18.2. The molecule has 2 aromatic rings. The molecule has 0 aromatic heterocycles. The van der Waals surface area contributed by atoms with Crippen LogP contribution < -0.4 is 5.73 Å². The van der Waals surface area contributed by atoms with Gasteiger partial charge < -0.3 is 5.73 Å². The van der Waals surface area contributed by atoms with E-state index < -0.39 is 10.8 Å². The third-order valence-corrected chi connectivity index (χ3v) is 5.82. The molecule has 0 heterocycles. The smallest absolute Gasteiger partial charge is 0.0547 e. The topological polar surface area (TPSA) is 43.1 Å². The molecule has 104 valence electrons. The Morgan fingerprint density at radius 2 is 1.75 bits per heavy atom. The maximum Gasteiger partial charge on any atom is 0.0547 e. The summed E-state index contributed by atoms with van der Waals surface area (Å²) in [6.45, 7) is 0. The number of rotatable bonds is 3. The zero-order valence-corrected chi connectivity index (χ0v) is 12.2. The van der Waals surface area contributed by atoms with Gasteiger partial charge in [0.25, 0.3) is 0 Å². The van der Waals surface area contributed by atoms with Gasteiger partial charge in [0.1, 0.15) is 0 Å². The maximum absolute atomic E-state index is 12.6. The minimum absolute atomic E-state index is 0.0603. The van der Waals surface area contributed by atoms with Crippen LogP contribution in [-0.2, 0) is 23.0 Å². The molecule has 2 aromatic carbocycles. The Kier molecular flexibility index (Phi) is 3.99. The van der Waals surface area contributed by atoms with Gasteiger partial charge in [-0.3, -0.25) is 4.21 Å². The molecule has 2 N–H and O–H groups in total. The molecule has 0 amide bonds. The van der Waals surface area contributed by atoms with Crippen LogP contribution in [0.2, 0.25) is 0 Å². The predicted octanol–water partition coefficient (Wildman–Crippen LogP) is 2.95. The summed E-state index contributed by atoms with van der Waals surface area (Å²) in [5.41, 5.74) is 9.96. The highest BCUT2D eigenvalue weighted by Gasteiger charge is 2.30. The van der Waals surface area contributed by atoms with Gasteiger partial charge in [0.15, 0.2) is 0 Å². The average molecular weight is 285 g/mol. The fraction of sp³-hybridized carbons (Fsp3) is 0.294. The van der Waals surface area contributed by atoms with E-state index in [0.29, 0.717) is 5.75 Å². The van der Waals surface area contributed by atoms with Crippen LogP contribution in [0.5, 0.6) is 0 Å². The van der Waals surface area contributed by atoms with Crippen molar-refractivity contribution in [2.24, 2.45) is 5.73 Å². The summed E-state index contributed by atoms with van der Waals surface area (Å²) in [5, 5.41) is 0.0603. The lowest BCUT2D eigenvalue weighted by Crippen LogP contribution is -2.35. The van der Waals surface area contributed by atoms with Crippen LogP contribution in [0.3, 0.4) is 0 Å². The number of hydrogen-bond donors (Lipinski definition) is 1. The van der Waals surface area contributed by atoms with Crippen molar-refractivity contribution in [1.82, 2.24) is 0 Å². The highest BCUT2D eigenvalue weighted by atomic mass is 32.2. The van der Waals surface area contributed by atoms with Gasteiger partial charge in [0, 0.05) is 22.6 Å². The van der Waals surface area contributed by atoms with Gasteiger partial charge in [0.2, 0.25) is 0 Å². The Labute approximate surface area is 122 Å². The highest BCUT2D eigenvalue weighted by Crippen LogP contribution is 2.31. The van der Waals surface area contributed by atoms with Crippen molar-refractivity contribution in [3.8, 4) is 0 Å². The number of hydrogen-bond acceptors (Lipinski definition) is 2. The predicted molar refractivity (Wildman–Crippen MR) is 83.8 cm³/mol. The molecule has 2 nitrogen and oxygen atoms in total. The Morgan fingerprint density at radius 1 is 1.05 bits per heavy atom. The maximum atomic E-state index is 12.6. The molecular formula is C17H19NOS. The first-order valence-corrected chi connectivity index (χ1v) is 8.38. The second-order valence-electron chi connectivity index (χ2n) is 5.31. The van der Waals surface area contributed by atoms with E-state index in [2.05, 4.69) is 12.1 Å². The lowest BCUT2D eigenvalue weighted by atomic mass is 9.88. The minimum atomic E-state index is -0.920. The molecule has 0 saturated heterocycles. The van der Waals surface area contributed by atoms with Crippen molar-refractivity contribution in [2.45, 2.75) is 29.9 Å². The van der Waals surface area contributed by atoms with E-state index in [0.717, 1.165) is 18.4 Å². The van der Waals surface area contributed by atoms with Gasteiger partial charge in [-0.25, -0.2) is 0 Å². The largest absolute Gasteiger partial charge is 0.323 e. The second kappa shape index (κ2) is 5.90. The van der Waals surface area contributed by atoms with Crippen molar-refractivity contribution in [2.75, 3.05) is 0 Å². The van der Waals surface area contributed by atoms with Crippen LogP contribution in [-0.4, -0.2) is 9.46 Å².